The molecule has 24 heavy (non-hydrogen) atoms. The molecule has 1 atom stereocenters. The molecule has 0 spiro atoms. The van der Waals surface area contributed by atoms with Gasteiger partial charge in [-0.1, -0.05) is 25.1 Å². The maximum absolute atomic E-state index is 12.1. The number of fused-ring (bicyclic) bond motifs is 1. The van der Waals surface area contributed by atoms with Gasteiger partial charge in [0, 0.05) is 29.2 Å². The lowest BCUT2D eigenvalue weighted by Gasteiger charge is -2.23. The molecule has 0 aliphatic heterocycles. The molecule has 1 amide bonds. The van der Waals surface area contributed by atoms with Crippen LogP contribution >= 0.6 is 0 Å². The molecule has 0 unspecified atom stereocenters. The van der Waals surface area contributed by atoms with Gasteiger partial charge in [-0.15, -0.1) is 0 Å². The highest BCUT2D eigenvalue weighted by atomic mass is 16.6. The Morgan fingerprint density at radius 3 is 2.50 bits per heavy atom. The summed E-state index contributed by atoms with van der Waals surface area (Å²) in [7, 11) is 0. The molecule has 1 aromatic carbocycles. The number of ether oxygens (including phenoxy) is 1. The largest absolute Gasteiger partial charge is 0.444 e. The van der Waals surface area contributed by atoms with E-state index in [1.165, 1.54) is 16.5 Å². The van der Waals surface area contributed by atoms with E-state index in [2.05, 4.69) is 61.1 Å². The molecule has 0 bridgehead atoms. The monoisotopic (exact) mass is 330 g/mol. The van der Waals surface area contributed by atoms with E-state index in [0.29, 0.717) is 6.04 Å². The Hall–Kier alpha value is -1.97. The van der Waals surface area contributed by atoms with E-state index >= 15 is 0 Å². The van der Waals surface area contributed by atoms with Crippen molar-refractivity contribution in [2.24, 2.45) is 0 Å². The first-order valence-electron chi connectivity index (χ1n) is 8.79. The normalized spacial score (nSPS) is 13.3. The van der Waals surface area contributed by atoms with Crippen molar-refractivity contribution in [3.8, 4) is 0 Å². The average molecular weight is 330 g/mol. The van der Waals surface area contributed by atoms with Gasteiger partial charge < -0.3 is 14.6 Å². The van der Waals surface area contributed by atoms with Crippen molar-refractivity contribution in [3.05, 3.63) is 36.0 Å². The number of para-hydroxylation sites is 1. The van der Waals surface area contributed by atoms with Crippen LogP contribution in [0.4, 0.5) is 4.79 Å². The van der Waals surface area contributed by atoms with Gasteiger partial charge in [-0.05, 0) is 59.1 Å². The van der Waals surface area contributed by atoms with Gasteiger partial charge >= 0.3 is 6.09 Å². The number of hydrogen-bond acceptors (Lipinski definition) is 2. The second-order valence-corrected chi connectivity index (χ2v) is 7.63. The van der Waals surface area contributed by atoms with E-state index in [1.54, 1.807) is 0 Å². The van der Waals surface area contributed by atoms with Crippen molar-refractivity contribution in [2.45, 2.75) is 72.1 Å². The molecule has 4 heteroatoms. The van der Waals surface area contributed by atoms with Crippen LogP contribution in [0.2, 0.25) is 0 Å². The van der Waals surface area contributed by atoms with Crippen LogP contribution in [-0.4, -0.2) is 22.3 Å². The van der Waals surface area contributed by atoms with Gasteiger partial charge in [-0.2, -0.15) is 0 Å². The summed E-state index contributed by atoms with van der Waals surface area (Å²) in [4.78, 5) is 12.1. The Kier molecular flexibility index (Phi) is 5.58. The number of alkyl carbamates (subject to hydrolysis) is 1. The molecule has 0 fully saturated rings. The van der Waals surface area contributed by atoms with Crippen molar-refractivity contribution in [2.75, 3.05) is 0 Å². The van der Waals surface area contributed by atoms with Gasteiger partial charge in [0.25, 0.3) is 0 Å². The second kappa shape index (κ2) is 7.29. The van der Waals surface area contributed by atoms with Crippen LogP contribution in [0.1, 0.15) is 59.6 Å². The molecular formula is C20H30N2O2. The van der Waals surface area contributed by atoms with Crippen LogP contribution in [0.5, 0.6) is 0 Å². The summed E-state index contributed by atoms with van der Waals surface area (Å²) in [6, 6.07) is 8.92. The highest BCUT2D eigenvalue weighted by Gasteiger charge is 2.20. The van der Waals surface area contributed by atoms with Gasteiger partial charge in [-0.3, -0.25) is 0 Å². The predicted molar refractivity (Wildman–Crippen MR) is 99.5 cm³/mol. The zero-order valence-corrected chi connectivity index (χ0v) is 15.7. The SMILES string of the molecule is CC[C@@H](Cc1cn(C(C)C)c2ccccc12)NC(=O)OC(C)(C)C. The molecule has 0 aliphatic carbocycles. The predicted octanol–water partition coefficient (Wildman–Crippen LogP) is 5.07. The number of nitrogens with zero attached hydrogens (tertiary/aromatic N) is 1. The summed E-state index contributed by atoms with van der Waals surface area (Å²) in [5.41, 5.74) is 2.03. The third-order valence-electron chi connectivity index (χ3n) is 4.06. The fourth-order valence-corrected chi connectivity index (χ4v) is 2.90. The lowest BCUT2D eigenvalue weighted by atomic mass is 10.0. The number of rotatable bonds is 5. The molecule has 1 heterocycles. The number of nitrogens with one attached hydrogen (secondary N) is 1. The molecule has 2 rings (SSSR count). The summed E-state index contributed by atoms with van der Waals surface area (Å²) >= 11 is 0. The number of amides is 1. The Morgan fingerprint density at radius 1 is 1.25 bits per heavy atom. The molecule has 132 valence electrons. The molecular weight excluding hydrogens is 300 g/mol. The maximum Gasteiger partial charge on any atom is 0.407 e. The number of aromatic nitrogens is 1. The third kappa shape index (κ3) is 4.53. The summed E-state index contributed by atoms with van der Waals surface area (Å²) in [5, 5.41) is 4.26. The fourth-order valence-electron chi connectivity index (χ4n) is 2.90. The van der Waals surface area contributed by atoms with Gasteiger partial charge in [-0.25, -0.2) is 4.79 Å². The molecule has 2 aromatic rings. The van der Waals surface area contributed by atoms with E-state index < -0.39 is 5.60 Å². The molecule has 0 radical (unpaired) electrons. The first-order valence-corrected chi connectivity index (χ1v) is 8.79. The van der Waals surface area contributed by atoms with Crippen molar-refractivity contribution in [1.82, 2.24) is 9.88 Å². The molecule has 1 N–H and O–H groups in total. The maximum atomic E-state index is 12.1. The molecule has 1 aromatic heterocycles. The smallest absolute Gasteiger partial charge is 0.407 e. The van der Waals surface area contributed by atoms with Crippen molar-refractivity contribution >= 4 is 17.0 Å². The Labute approximate surface area is 145 Å². The topological polar surface area (TPSA) is 43.3 Å². The van der Waals surface area contributed by atoms with Crippen LogP contribution < -0.4 is 5.32 Å². The van der Waals surface area contributed by atoms with Crippen LogP contribution in [-0.2, 0) is 11.2 Å². The lowest BCUT2D eigenvalue weighted by Crippen LogP contribution is -2.39. The Bertz CT molecular complexity index is 695. The summed E-state index contributed by atoms with van der Waals surface area (Å²) in [6.07, 6.45) is 3.53. The molecule has 0 saturated carbocycles. The van der Waals surface area contributed by atoms with Crippen molar-refractivity contribution in [3.63, 3.8) is 0 Å². The summed E-state index contributed by atoms with van der Waals surface area (Å²) in [5.74, 6) is 0. The van der Waals surface area contributed by atoms with Gasteiger partial charge in [0.1, 0.15) is 5.60 Å². The minimum Gasteiger partial charge on any atom is -0.444 e. The number of carbonyl (C=O) groups is 1. The highest BCUT2D eigenvalue weighted by molar-refractivity contribution is 5.84. The summed E-state index contributed by atoms with van der Waals surface area (Å²) in [6.45, 7) is 12.1. The van der Waals surface area contributed by atoms with Crippen LogP contribution in [0.3, 0.4) is 0 Å². The van der Waals surface area contributed by atoms with Crippen LogP contribution in [0.15, 0.2) is 30.5 Å². The first-order chi connectivity index (χ1) is 11.2. The van der Waals surface area contributed by atoms with Crippen LogP contribution in [0.25, 0.3) is 10.9 Å². The molecule has 0 aliphatic rings. The second-order valence-electron chi connectivity index (χ2n) is 7.63. The average Bonchev–Trinajstić information content (AvgIpc) is 2.84. The standard InChI is InChI=1S/C20H30N2O2/c1-7-16(21-19(23)24-20(4,5)6)12-15-13-22(14(2)3)18-11-9-8-10-17(15)18/h8-11,13-14,16H,7,12H2,1-6H3,(H,21,23)/t16-/m0/s1. The highest BCUT2D eigenvalue weighted by Crippen LogP contribution is 2.26. The fraction of sp³-hybridized carbons (Fsp3) is 0.550. The lowest BCUT2D eigenvalue weighted by molar-refractivity contribution is 0.0503. The molecule has 4 nitrogen and oxygen atoms in total. The van der Waals surface area contributed by atoms with Gasteiger partial charge in [0.15, 0.2) is 0 Å². The van der Waals surface area contributed by atoms with E-state index in [0.717, 1.165) is 12.8 Å². The first kappa shape index (κ1) is 18.4. The van der Waals surface area contributed by atoms with Crippen molar-refractivity contribution < 1.29 is 9.53 Å². The van der Waals surface area contributed by atoms with E-state index in [9.17, 15) is 4.79 Å². The van der Waals surface area contributed by atoms with E-state index in [1.807, 2.05) is 20.8 Å². The van der Waals surface area contributed by atoms with E-state index in [4.69, 9.17) is 4.74 Å². The molecule has 0 saturated heterocycles. The Morgan fingerprint density at radius 2 is 1.92 bits per heavy atom. The van der Waals surface area contributed by atoms with Crippen LogP contribution in [0, 0.1) is 0 Å². The van der Waals surface area contributed by atoms with Gasteiger partial charge in [0.05, 0.1) is 0 Å². The number of hydrogen-bond donors (Lipinski definition) is 1. The quantitative estimate of drug-likeness (QED) is 0.832. The zero-order valence-electron chi connectivity index (χ0n) is 15.7. The summed E-state index contributed by atoms with van der Waals surface area (Å²) < 4.78 is 7.68. The Balaban J connectivity index is 2.19. The number of carbonyl (C=O) groups excluding carboxylic acids is 1. The minimum atomic E-state index is -0.476. The van der Waals surface area contributed by atoms with E-state index in [-0.39, 0.29) is 12.1 Å². The third-order valence-corrected chi connectivity index (χ3v) is 4.06. The zero-order chi connectivity index (χ0) is 17.9. The van der Waals surface area contributed by atoms with Crippen molar-refractivity contribution in [1.29, 1.82) is 0 Å². The number of benzene rings is 1. The van der Waals surface area contributed by atoms with Gasteiger partial charge in [0.2, 0.25) is 0 Å². The minimum absolute atomic E-state index is 0.0614.